The Morgan fingerprint density at radius 1 is 1.00 bits per heavy atom. The van der Waals surface area contributed by atoms with Crippen LogP contribution in [0.2, 0.25) is 0 Å². The van der Waals surface area contributed by atoms with E-state index in [0.29, 0.717) is 45.0 Å². The second kappa shape index (κ2) is 11.0. The van der Waals surface area contributed by atoms with E-state index in [1.54, 1.807) is 0 Å². The SMILES string of the molecule is CCNC(=NCc1ccc(CN2CCCC2=O)cc1)NCCc1ccc(C(F)(F)F)cc1. The molecule has 0 saturated carbocycles. The molecular formula is C24H29F3N4O. The zero-order valence-electron chi connectivity index (χ0n) is 18.2. The number of benzene rings is 2. The smallest absolute Gasteiger partial charge is 0.357 e. The first-order valence-corrected chi connectivity index (χ1v) is 10.9. The first-order chi connectivity index (χ1) is 15.3. The van der Waals surface area contributed by atoms with E-state index in [9.17, 15) is 18.0 Å². The predicted molar refractivity (Wildman–Crippen MR) is 119 cm³/mol. The molecule has 8 heteroatoms. The lowest BCUT2D eigenvalue weighted by atomic mass is 10.1. The number of likely N-dealkylation sites (tertiary alicyclic amines) is 1. The minimum atomic E-state index is -4.31. The van der Waals surface area contributed by atoms with Crippen LogP contribution in [0.3, 0.4) is 0 Å². The summed E-state index contributed by atoms with van der Waals surface area (Å²) in [6.07, 6.45) is -2.14. The van der Waals surface area contributed by atoms with E-state index < -0.39 is 11.7 Å². The molecule has 1 aliphatic heterocycles. The Morgan fingerprint density at radius 3 is 2.25 bits per heavy atom. The van der Waals surface area contributed by atoms with Crippen LogP contribution in [0.1, 0.15) is 42.0 Å². The molecule has 5 nitrogen and oxygen atoms in total. The van der Waals surface area contributed by atoms with Gasteiger partial charge in [-0.1, -0.05) is 36.4 Å². The van der Waals surface area contributed by atoms with Crippen molar-refractivity contribution >= 4 is 11.9 Å². The molecule has 0 aliphatic carbocycles. The number of carbonyl (C=O) groups is 1. The van der Waals surface area contributed by atoms with Gasteiger partial charge in [-0.3, -0.25) is 4.79 Å². The molecule has 0 unspecified atom stereocenters. The van der Waals surface area contributed by atoms with Gasteiger partial charge in [0.15, 0.2) is 5.96 Å². The molecular weight excluding hydrogens is 417 g/mol. The highest BCUT2D eigenvalue weighted by molar-refractivity contribution is 5.79. The number of nitrogens with one attached hydrogen (secondary N) is 2. The standard InChI is InChI=1S/C24H29F3N4O/c1-2-28-23(29-14-13-18-9-11-21(12-10-18)24(25,26)27)30-16-19-5-7-20(8-6-19)17-31-15-3-4-22(31)32/h5-12H,2-4,13-17H2,1H3,(H2,28,29,30). The molecule has 0 atom stereocenters. The van der Waals surface area contributed by atoms with Crippen LogP contribution in [0, 0.1) is 0 Å². The maximum atomic E-state index is 12.7. The number of amides is 1. The zero-order chi connectivity index (χ0) is 23.0. The van der Waals surface area contributed by atoms with Crippen LogP contribution in [-0.2, 0) is 30.5 Å². The van der Waals surface area contributed by atoms with Crippen molar-refractivity contribution < 1.29 is 18.0 Å². The van der Waals surface area contributed by atoms with Crippen LogP contribution < -0.4 is 10.6 Å². The number of hydrogen-bond donors (Lipinski definition) is 2. The van der Waals surface area contributed by atoms with Crippen molar-refractivity contribution in [3.63, 3.8) is 0 Å². The lowest BCUT2D eigenvalue weighted by Crippen LogP contribution is -2.38. The lowest BCUT2D eigenvalue weighted by Gasteiger charge is -2.15. The number of carbonyl (C=O) groups excluding carboxylic acids is 1. The molecule has 2 aromatic rings. The summed E-state index contributed by atoms with van der Waals surface area (Å²) < 4.78 is 38.0. The lowest BCUT2D eigenvalue weighted by molar-refractivity contribution is -0.137. The van der Waals surface area contributed by atoms with Gasteiger partial charge in [0.2, 0.25) is 5.91 Å². The van der Waals surface area contributed by atoms with E-state index in [4.69, 9.17) is 0 Å². The molecule has 1 amide bonds. The Hall–Kier alpha value is -3.03. The van der Waals surface area contributed by atoms with Gasteiger partial charge < -0.3 is 15.5 Å². The van der Waals surface area contributed by atoms with Gasteiger partial charge in [-0.2, -0.15) is 13.2 Å². The summed E-state index contributed by atoms with van der Waals surface area (Å²) in [5, 5.41) is 6.40. The Morgan fingerprint density at radius 2 is 1.66 bits per heavy atom. The van der Waals surface area contributed by atoms with Crippen LogP contribution in [0.5, 0.6) is 0 Å². The van der Waals surface area contributed by atoms with Gasteiger partial charge in [-0.25, -0.2) is 4.99 Å². The summed E-state index contributed by atoms with van der Waals surface area (Å²) in [5.74, 6) is 0.877. The highest BCUT2D eigenvalue weighted by atomic mass is 19.4. The molecule has 32 heavy (non-hydrogen) atoms. The van der Waals surface area contributed by atoms with Gasteiger partial charge in [0.05, 0.1) is 12.1 Å². The fourth-order valence-electron chi connectivity index (χ4n) is 3.54. The number of alkyl halides is 3. The highest BCUT2D eigenvalue weighted by Crippen LogP contribution is 2.29. The number of halogens is 3. The molecule has 0 aromatic heterocycles. The topological polar surface area (TPSA) is 56.7 Å². The fraction of sp³-hybridized carbons (Fsp3) is 0.417. The largest absolute Gasteiger partial charge is 0.416 e. The zero-order valence-corrected chi connectivity index (χ0v) is 18.2. The highest BCUT2D eigenvalue weighted by Gasteiger charge is 2.29. The molecule has 2 N–H and O–H groups in total. The summed E-state index contributed by atoms with van der Waals surface area (Å²) in [6, 6.07) is 13.3. The van der Waals surface area contributed by atoms with Gasteiger partial charge in [-0.05, 0) is 48.6 Å². The maximum Gasteiger partial charge on any atom is 0.416 e. The number of aliphatic imine (C=N–C) groups is 1. The van der Waals surface area contributed by atoms with E-state index >= 15 is 0 Å². The van der Waals surface area contributed by atoms with Crippen LogP contribution in [0.15, 0.2) is 53.5 Å². The van der Waals surface area contributed by atoms with Crippen LogP contribution in [0.25, 0.3) is 0 Å². The minimum Gasteiger partial charge on any atom is -0.357 e. The van der Waals surface area contributed by atoms with Crippen molar-refractivity contribution in [1.82, 2.24) is 15.5 Å². The number of nitrogens with zero attached hydrogens (tertiary/aromatic N) is 2. The van der Waals surface area contributed by atoms with Gasteiger partial charge in [0.25, 0.3) is 0 Å². The molecule has 3 rings (SSSR count). The molecule has 1 aliphatic rings. The summed E-state index contributed by atoms with van der Waals surface area (Å²) in [4.78, 5) is 18.2. The average Bonchev–Trinajstić information content (AvgIpc) is 3.17. The molecule has 172 valence electrons. The third-order valence-electron chi connectivity index (χ3n) is 5.32. The molecule has 1 heterocycles. The Balaban J connectivity index is 1.49. The quantitative estimate of drug-likeness (QED) is 0.474. The monoisotopic (exact) mass is 446 g/mol. The van der Waals surface area contributed by atoms with Gasteiger partial charge in [-0.15, -0.1) is 0 Å². The Labute approximate surface area is 186 Å². The van der Waals surface area contributed by atoms with E-state index in [0.717, 1.165) is 41.8 Å². The van der Waals surface area contributed by atoms with Crippen molar-refractivity contribution in [2.24, 2.45) is 4.99 Å². The Kier molecular flexibility index (Phi) is 8.14. The molecule has 1 fully saturated rings. The van der Waals surface area contributed by atoms with Crippen molar-refractivity contribution in [3.05, 3.63) is 70.8 Å². The van der Waals surface area contributed by atoms with Gasteiger partial charge >= 0.3 is 6.18 Å². The summed E-state index contributed by atoms with van der Waals surface area (Å²) in [5.41, 5.74) is 2.35. The Bertz CT molecular complexity index is 908. The van der Waals surface area contributed by atoms with Crippen LogP contribution in [-0.4, -0.2) is 36.4 Å². The average molecular weight is 447 g/mol. The molecule has 0 spiro atoms. The summed E-state index contributed by atoms with van der Waals surface area (Å²) in [7, 11) is 0. The third-order valence-corrected chi connectivity index (χ3v) is 5.32. The molecule has 0 radical (unpaired) electrons. The van der Waals surface area contributed by atoms with Crippen molar-refractivity contribution in [3.8, 4) is 0 Å². The van der Waals surface area contributed by atoms with E-state index in [2.05, 4.69) is 15.6 Å². The van der Waals surface area contributed by atoms with Crippen molar-refractivity contribution in [1.29, 1.82) is 0 Å². The molecule has 2 aromatic carbocycles. The van der Waals surface area contributed by atoms with Crippen molar-refractivity contribution in [2.75, 3.05) is 19.6 Å². The van der Waals surface area contributed by atoms with Crippen LogP contribution >= 0.6 is 0 Å². The number of rotatable bonds is 8. The second-order valence-electron chi connectivity index (χ2n) is 7.80. The summed E-state index contributed by atoms with van der Waals surface area (Å²) >= 11 is 0. The predicted octanol–water partition coefficient (Wildman–Crippen LogP) is 4.13. The maximum absolute atomic E-state index is 12.7. The van der Waals surface area contributed by atoms with Crippen LogP contribution in [0.4, 0.5) is 13.2 Å². The van der Waals surface area contributed by atoms with E-state index in [1.165, 1.54) is 12.1 Å². The third kappa shape index (κ3) is 7.00. The van der Waals surface area contributed by atoms with E-state index in [1.807, 2.05) is 36.1 Å². The van der Waals surface area contributed by atoms with E-state index in [-0.39, 0.29) is 5.91 Å². The summed E-state index contributed by atoms with van der Waals surface area (Å²) in [6.45, 7) is 5.21. The fourth-order valence-corrected chi connectivity index (χ4v) is 3.54. The minimum absolute atomic E-state index is 0.219. The van der Waals surface area contributed by atoms with Gasteiger partial charge in [0, 0.05) is 32.6 Å². The molecule has 1 saturated heterocycles. The normalized spacial score (nSPS) is 14.7. The van der Waals surface area contributed by atoms with Crippen molar-refractivity contribution in [2.45, 2.75) is 45.5 Å². The van der Waals surface area contributed by atoms with Gasteiger partial charge in [0.1, 0.15) is 0 Å². The first-order valence-electron chi connectivity index (χ1n) is 10.9. The number of guanidine groups is 1. The molecule has 0 bridgehead atoms. The number of hydrogen-bond acceptors (Lipinski definition) is 2. The second-order valence-corrected chi connectivity index (χ2v) is 7.80. The first kappa shape index (κ1) is 23.6.